The molecule has 0 saturated heterocycles. The van der Waals surface area contributed by atoms with Crippen LogP contribution in [0, 0.1) is 0 Å². The van der Waals surface area contributed by atoms with E-state index in [9.17, 15) is 9.59 Å². The standard InChI is InChI=1S/C15H19NO3S/c1-19-15(18)13-8-7-12(20-13)14(17)16-10-9-11-5-3-2-4-6-11/h5,7-8H,2-4,6,9-10H2,1H3,(H,16,17). The zero-order chi connectivity index (χ0) is 14.4. The highest BCUT2D eigenvalue weighted by atomic mass is 32.1. The predicted octanol–water partition coefficient (Wildman–Crippen LogP) is 3.16. The number of amides is 1. The Morgan fingerprint density at radius 3 is 2.80 bits per heavy atom. The van der Waals surface area contributed by atoms with Gasteiger partial charge < -0.3 is 10.1 Å². The number of hydrogen-bond acceptors (Lipinski definition) is 4. The molecule has 20 heavy (non-hydrogen) atoms. The minimum atomic E-state index is -0.401. The lowest BCUT2D eigenvalue weighted by atomic mass is 9.97. The highest BCUT2D eigenvalue weighted by Gasteiger charge is 2.13. The number of allylic oxidation sites excluding steroid dienone is 1. The van der Waals surface area contributed by atoms with E-state index in [1.807, 2.05) is 0 Å². The number of rotatable bonds is 5. The first kappa shape index (κ1) is 14.8. The first-order valence-electron chi connectivity index (χ1n) is 6.85. The lowest BCUT2D eigenvalue weighted by molar-refractivity contribution is 0.0606. The summed E-state index contributed by atoms with van der Waals surface area (Å²) in [6.07, 6.45) is 8.06. The minimum Gasteiger partial charge on any atom is -0.465 e. The summed E-state index contributed by atoms with van der Waals surface area (Å²) in [5.41, 5.74) is 1.44. The quantitative estimate of drug-likeness (QED) is 0.670. The van der Waals surface area contributed by atoms with E-state index in [4.69, 9.17) is 0 Å². The van der Waals surface area contributed by atoms with Crippen molar-refractivity contribution in [1.82, 2.24) is 5.32 Å². The van der Waals surface area contributed by atoms with Gasteiger partial charge in [0.05, 0.1) is 12.0 Å². The zero-order valence-corrected chi connectivity index (χ0v) is 12.4. The molecule has 4 nitrogen and oxygen atoms in total. The average Bonchev–Trinajstić information content (AvgIpc) is 2.97. The number of ether oxygens (including phenoxy) is 1. The highest BCUT2D eigenvalue weighted by molar-refractivity contribution is 7.15. The summed E-state index contributed by atoms with van der Waals surface area (Å²) in [4.78, 5) is 24.3. The molecule has 0 spiro atoms. The Labute approximate surface area is 122 Å². The smallest absolute Gasteiger partial charge is 0.348 e. The van der Waals surface area contributed by atoms with E-state index in [-0.39, 0.29) is 5.91 Å². The molecule has 1 aromatic rings. The number of hydrogen-bond donors (Lipinski definition) is 1. The van der Waals surface area contributed by atoms with Gasteiger partial charge in [-0.25, -0.2) is 4.79 Å². The number of carbonyl (C=O) groups is 2. The summed E-state index contributed by atoms with van der Waals surface area (Å²) < 4.78 is 4.62. The molecule has 0 aromatic carbocycles. The number of esters is 1. The molecule has 0 radical (unpaired) electrons. The van der Waals surface area contributed by atoms with Gasteiger partial charge in [-0.1, -0.05) is 11.6 Å². The van der Waals surface area contributed by atoms with Crippen molar-refractivity contribution in [3.8, 4) is 0 Å². The van der Waals surface area contributed by atoms with E-state index in [2.05, 4.69) is 16.1 Å². The summed E-state index contributed by atoms with van der Waals surface area (Å²) in [6, 6.07) is 3.28. The molecule has 0 atom stereocenters. The second-order valence-corrected chi connectivity index (χ2v) is 5.85. The molecule has 1 aliphatic carbocycles. The van der Waals surface area contributed by atoms with Gasteiger partial charge in [0.1, 0.15) is 4.88 Å². The molecule has 1 aromatic heterocycles. The molecule has 0 bridgehead atoms. The lowest BCUT2D eigenvalue weighted by Crippen LogP contribution is -2.24. The van der Waals surface area contributed by atoms with Gasteiger partial charge in [-0.05, 0) is 44.2 Å². The Bertz CT molecular complexity index is 519. The topological polar surface area (TPSA) is 55.4 Å². The van der Waals surface area contributed by atoms with Gasteiger partial charge in [0.25, 0.3) is 5.91 Å². The van der Waals surface area contributed by atoms with Crippen LogP contribution < -0.4 is 5.32 Å². The fourth-order valence-electron chi connectivity index (χ4n) is 2.23. The second kappa shape index (κ2) is 7.24. The second-order valence-electron chi connectivity index (χ2n) is 4.77. The summed E-state index contributed by atoms with van der Waals surface area (Å²) in [5.74, 6) is -0.525. The van der Waals surface area contributed by atoms with E-state index in [0.29, 0.717) is 16.3 Å². The third-order valence-electron chi connectivity index (χ3n) is 3.33. The molecular formula is C15H19NO3S. The van der Waals surface area contributed by atoms with Gasteiger partial charge >= 0.3 is 5.97 Å². The predicted molar refractivity (Wildman–Crippen MR) is 79.2 cm³/mol. The Morgan fingerprint density at radius 1 is 1.30 bits per heavy atom. The first-order chi connectivity index (χ1) is 9.70. The lowest BCUT2D eigenvalue weighted by Gasteiger charge is -2.12. The van der Waals surface area contributed by atoms with Gasteiger partial charge in [0, 0.05) is 6.54 Å². The van der Waals surface area contributed by atoms with Crippen molar-refractivity contribution in [1.29, 1.82) is 0 Å². The summed E-state index contributed by atoms with van der Waals surface area (Å²) in [7, 11) is 1.33. The molecular weight excluding hydrogens is 274 g/mol. The summed E-state index contributed by atoms with van der Waals surface area (Å²) in [6.45, 7) is 0.649. The van der Waals surface area contributed by atoms with Crippen LogP contribution in [0.4, 0.5) is 0 Å². The van der Waals surface area contributed by atoms with Crippen LogP contribution in [0.25, 0.3) is 0 Å². The van der Waals surface area contributed by atoms with Gasteiger partial charge in [0.15, 0.2) is 0 Å². The van der Waals surface area contributed by atoms with Crippen molar-refractivity contribution in [2.75, 3.05) is 13.7 Å². The van der Waals surface area contributed by atoms with Crippen LogP contribution in [0.1, 0.15) is 51.4 Å². The van der Waals surface area contributed by atoms with E-state index in [1.165, 1.54) is 25.5 Å². The van der Waals surface area contributed by atoms with Crippen LogP contribution in [0.2, 0.25) is 0 Å². The molecule has 1 amide bonds. The van der Waals surface area contributed by atoms with Gasteiger partial charge in [0.2, 0.25) is 0 Å². The third kappa shape index (κ3) is 3.93. The maximum absolute atomic E-state index is 11.9. The number of carbonyl (C=O) groups excluding carboxylic acids is 2. The van der Waals surface area contributed by atoms with E-state index < -0.39 is 5.97 Å². The van der Waals surface area contributed by atoms with Gasteiger partial charge in [-0.2, -0.15) is 0 Å². The summed E-state index contributed by atoms with van der Waals surface area (Å²) >= 11 is 1.16. The Balaban J connectivity index is 1.81. The molecule has 1 N–H and O–H groups in total. The van der Waals surface area contributed by atoms with Crippen LogP contribution in [0.3, 0.4) is 0 Å². The monoisotopic (exact) mass is 293 g/mol. The highest BCUT2D eigenvalue weighted by Crippen LogP contribution is 2.20. The fourth-order valence-corrected chi connectivity index (χ4v) is 3.07. The van der Waals surface area contributed by atoms with E-state index >= 15 is 0 Å². The summed E-state index contributed by atoms with van der Waals surface area (Å²) in [5, 5.41) is 2.90. The van der Waals surface area contributed by atoms with Crippen LogP contribution in [-0.4, -0.2) is 25.5 Å². The normalized spacial score (nSPS) is 14.6. The van der Waals surface area contributed by atoms with Crippen LogP contribution >= 0.6 is 11.3 Å². The van der Waals surface area contributed by atoms with E-state index in [1.54, 1.807) is 12.1 Å². The molecule has 2 rings (SSSR count). The SMILES string of the molecule is COC(=O)c1ccc(C(=O)NCCC2=CCCCC2)s1. The van der Waals surface area contributed by atoms with Crippen LogP contribution in [-0.2, 0) is 4.74 Å². The van der Waals surface area contributed by atoms with Crippen molar-refractivity contribution in [2.45, 2.75) is 32.1 Å². The van der Waals surface area contributed by atoms with Gasteiger partial charge in [-0.15, -0.1) is 11.3 Å². The van der Waals surface area contributed by atoms with Crippen molar-refractivity contribution in [2.24, 2.45) is 0 Å². The number of methoxy groups -OCH3 is 1. The maximum atomic E-state index is 11.9. The molecule has 0 unspecified atom stereocenters. The number of thiophene rings is 1. The van der Waals surface area contributed by atoms with Crippen LogP contribution in [0.5, 0.6) is 0 Å². The van der Waals surface area contributed by atoms with Gasteiger partial charge in [-0.3, -0.25) is 4.79 Å². The third-order valence-corrected chi connectivity index (χ3v) is 4.40. The molecule has 108 valence electrons. The molecule has 1 heterocycles. The number of nitrogens with one attached hydrogen (secondary N) is 1. The molecule has 0 saturated carbocycles. The molecule has 1 aliphatic rings. The maximum Gasteiger partial charge on any atom is 0.348 e. The van der Waals surface area contributed by atoms with Crippen molar-refractivity contribution >= 4 is 23.2 Å². The Hall–Kier alpha value is -1.62. The zero-order valence-electron chi connectivity index (χ0n) is 11.6. The molecule has 0 aliphatic heterocycles. The minimum absolute atomic E-state index is 0.124. The van der Waals surface area contributed by atoms with Crippen molar-refractivity contribution in [3.05, 3.63) is 33.5 Å². The first-order valence-corrected chi connectivity index (χ1v) is 7.66. The average molecular weight is 293 g/mol. The Kier molecular flexibility index (Phi) is 5.35. The van der Waals surface area contributed by atoms with E-state index in [0.717, 1.165) is 30.6 Å². The largest absolute Gasteiger partial charge is 0.465 e. The molecule has 0 fully saturated rings. The Morgan fingerprint density at radius 2 is 2.10 bits per heavy atom. The van der Waals surface area contributed by atoms with Crippen LogP contribution in [0.15, 0.2) is 23.8 Å². The fraction of sp³-hybridized carbons (Fsp3) is 0.467. The van der Waals surface area contributed by atoms with Crippen molar-refractivity contribution < 1.29 is 14.3 Å². The molecule has 5 heteroatoms. The van der Waals surface area contributed by atoms with Crippen molar-refractivity contribution in [3.63, 3.8) is 0 Å².